The smallest absolute Gasteiger partial charge is 0.366 e. The third kappa shape index (κ3) is 4.79. The number of nitrogens with zero attached hydrogens (tertiary/aromatic N) is 3. The molecule has 6 nitrogen and oxygen atoms in total. The Kier molecular flexibility index (Phi) is 5.81. The predicted octanol–water partition coefficient (Wildman–Crippen LogP) is 4.81. The average Bonchev–Trinajstić information content (AvgIpc) is 3.02. The quantitative estimate of drug-likeness (QED) is 0.449. The lowest BCUT2D eigenvalue weighted by Crippen LogP contribution is -2.14. The fraction of sp³-hybridized carbons (Fsp3) is 0.200. The Hall–Kier alpha value is -3.70. The van der Waals surface area contributed by atoms with Crippen LogP contribution in [0.25, 0.3) is 23.0 Å². The van der Waals surface area contributed by atoms with Crippen LogP contribution in [0.15, 0.2) is 35.0 Å². The van der Waals surface area contributed by atoms with Crippen molar-refractivity contribution in [3.8, 4) is 11.4 Å². The molecule has 0 aliphatic carbocycles. The summed E-state index contributed by atoms with van der Waals surface area (Å²) in [7, 11) is 0. The van der Waals surface area contributed by atoms with Gasteiger partial charge in [-0.05, 0) is 44.2 Å². The summed E-state index contributed by atoms with van der Waals surface area (Å²) >= 11 is 0. The van der Waals surface area contributed by atoms with Crippen molar-refractivity contribution >= 4 is 17.6 Å². The Morgan fingerprint density at radius 3 is 2.09 bits per heavy atom. The summed E-state index contributed by atoms with van der Waals surface area (Å²) in [6, 6.07) is 2.35. The lowest BCUT2D eigenvalue weighted by Gasteiger charge is -2.14. The third-order valence-corrected chi connectivity index (χ3v) is 4.38. The van der Waals surface area contributed by atoms with Crippen LogP contribution in [0.5, 0.6) is 0 Å². The maximum absolute atomic E-state index is 13.1. The number of carbonyl (C=O) groups is 1. The minimum atomic E-state index is -5.02. The number of benzene rings is 1. The maximum atomic E-state index is 13.1. The van der Waals surface area contributed by atoms with Gasteiger partial charge in [-0.2, -0.15) is 26.3 Å². The molecule has 0 atom stereocenters. The van der Waals surface area contributed by atoms with E-state index in [0.717, 1.165) is 6.20 Å². The van der Waals surface area contributed by atoms with Crippen LogP contribution >= 0.6 is 0 Å². The molecule has 1 aromatic carbocycles. The van der Waals surface area contributed by atoms with Gasteiger partial charge >= 0.3 is 12.4 Å². The van der Waals surface area contributed by atoms with Crippen LogP contribution in [0.2, 0.25) is 0 Å². The molecular formula is C20H14F6N4O2. The van der Waals surface area contributed by atoms with Gasteiger partial charge in [0.15, 0.2) is 5.82 Å². The number of primary amides is 1. The normalized spacial score (nSPS) is 12.8. The van der Waals surface area contributed by atoms with Crippen LogP contribution < -0.4 is 5.73 Å². The van der Waals surface area contributed by atoms with E-state index in [1.165, 1.54) is 12.1 Å². The molecule has 3 aromatic rings. The molecule has 0 saturated heterocycles. The number of hydrogen-bond donors (Lipinski definition) is 1. The minimum absolute atomic E-state index is 0.00983. The van der Waals surface area contributed by atoms with Crippen molar-refractivity contribution in [1.82, 2.24) is 15.1 Å². The van der Waals surface area contributed by atoms with E-state index in [9.17, 15) is 31.1 Å². The lowest BCUT2D eigenvalue weighted by molar-refractivity contribution is -0.143. The van der Waals surface area contributed by atoms with E-state index in [4.69, 9.17) is 10.3 Å². The summed E-state index contributed by atoms with van der Waals surface area (Å²) in [5.74, 6) is -0.981. The predicted molar refractivity (Wildman–Crippen MR) is 101 cm³/mol. The molecule has 2 aromatic heterocycles. The van der Waals surface area contributed by atoms with Crippen LogP contribution in [0.1, 0.15) is 33.8 Å². The second kappa shape index (κ2) is 8.09. The molecule has 0 spiro atoms. The zero-order valence-corrected chi connectivity index (χ0v) is 16.5. The van der Waals surface area contributed by atoms with E-state index < -0.39 is 40.8 Å². The number of aryl methyl sites for hydroxylation is 2. The van der Waals surface area contributed by atoms with Gasteiger partial charge in [-0.1, -0.05) is 5.16 Å². The van der Waals surface area contributed by atoms with E-state index in [2.05, 4.69) is 15.1 Å². The summed E-state index contributed by atoms with van der Waals surface area (Å²) < 4.78 is 83.8. The summed E-state index contributed by atoms with van der Waals surface area (Å²) in [5, 5.41) is 3.72. The fourth-order valence-electron chi connectivity index (χ4n) is 2.96. The molecule has 0 unspecified atom stereocenters. The van der Waals surface area contributed by atoms with Crippen molar-refractivity contribution in [2.45, 2.75) is 26.2 Å². The van der Waals surface area contributed by atoms with E-state index in [-0.39, 0.29) is 23.1 Å². The molecule has 0 radical (unpaired) electrons. The first-order valence-electron chi connectivity index (χ1n) is 8.85. The van der Waals surface area contributed by atoms with Crippen LogP contribution in [0.4, 0.5) is 26.3 Å². The topological polar surface area (TPSA) is 94.9 Å². The van der Waals surface area contributed by atoms with Crippen molar-refractivity contribution in [3.63, 3.8) is 0 Å². The SMILES string of the molecule is Cc1noc(C)c1/C(=C\c1ccnc(-c2cc(C(F)(F)F)cc(C(F)(F)F)c2)n1)C(N)=O. The van der Waals surface area contributed by atoms with Gasteiger partial charge in [-0.25, -0.2) is 9.97 Å². The number of halogens is 6. The summed E-state index contributed by atoms with van der Waals surface area (Å²) in [4.78, 5) is 19.7. The number of alkyl halides is 6. The van der Waals surface area contributed by atoms with Crippen molar-refractivity contribution in [1.29, 1.82) is 0 Å². The highest BCUT2D eigenvalue weighted by molar-refractivity contribution is 6.23. The van der Waals surface area contributed by atoms with Gasteiger partial charge < -0.3 is 10.3 Å². The molecule has 2 heterocycles. The molecule has 32 heavy (non-hydrogen) atoms. The summed E-state index contributed by atoms with van der Waals surface area (Å²) in [6.45, 7) is 3.11. The van der Waals surface area contributed by atoms with Crippen molar-refractivity contribution in [3.05, 3.63) is 64.3 Å². The molecule has 2 N–H and O–H groups in total. The molecule has 3 rings (SSSR count). The lowest BCUT2D eigenvalue weighted by atomic mass is 10.0. The first-order valence-corrected chi connectivity index (χ1v) is 8.85. The molecule has 0 bridgehead atoms. The molecule has 0 aliphatic heterocycles. The average molecular weight is 456 g/mol. The molecule has 1 amide bonds. The van der Waals surface area contributed by atoms with Crippen LogP contribution in [0, 0.1) is 13.8 Å². The van der Waals surface area contributed by atoms with Crippen molar-refractivity contribution in [2.24, 2.45) is 5.73 Å². The highest BCUT2D eigenvalue weighted by Crippen LogP contribution is 2.38. The highest BCUT2D eigenvalue weighted by atomic mass is 19.4. The van der Waals surface area contributed by atoms with Gasteiger partial charge in [0.2, 0.25) is 5.91 Å². The summed E-state index contributed by atoms with van der Waals surface area (Å²) in [6.07, 6.45) is -7.68. The van der Waals surface area contributed by atoms with E-state index in [0.29, 0.717) is 23.4 Å². The first-order chi connectivity index (χ1) is 14.8. The zero-order chi connectivity index (χ0) is 23.8. The second-order valence-corrected chi connectivity index (χ2v) is 6.72. The van der Waals surface area contributed by atoms with Gasteiger partial charge in [-0.3, -0.25) is 4.79 Å². The number of aromatic nitrogens is 3. The zero-order valence-electron chi connectivity index (χ0n) is 16.5. The van der Waals surface area contributed by atoms with E-state index >= 15 is 0 Å². The van der Waals surface area contributed by atoms with Crippen LogP contribution in [-0.4, -0.2) is 21.0 Å². The Bertz CT molecular complexity index is 1160. The number of carbonyl (C=O) groups excluding carboxylic acids is 1. The number of nitrogens with two attached hydrogens (primary N) is 1. The van der Waals surface area contributed by atoms with Crippen LogP contribution in [0.3, 0.4) is 0 Å². The molecule has 0 fully saturated rings. The number of rotatable bonds is 4. The van der Waals surface area contributed by atoms with Crippen LogP contribution in [-0.2, 0) is 17.1 Å². The second-order valence-electron chi connectivity index (χ2n) is 6.72. The fourth-order valence-corrected chi connectivity index (χ4v) is 2.96. The Morgan fingerprint density at radius 2 is 1.62 bits per heavy atom. The van der Waals surface area contributed by atoms with Gasteiger partial charge in [0.1, 0.15) is 5.76 Å². The Morgan fingerprint density at radius 1 is 1.03 bits per heavy atom. The van der Waals surface area contributed by atoms with Gasteiger partial charge in [0, 0.05) is 11.8 Å². The minimum Gasteiger partial charge on any atom is -0.366 e. The maximum Gasteiger partial charge on any atom is 0.416 e. The highest BCUT2D eigenvalue weighted by Gasteiger charge is 2.37. The van der Waals surface area contributed by atoms with Crippen molar-refractivity contribution < 1.29 is 35.7 Å². The molecule has 0 aliphatic rings. The van der Waals surface area contributed by atoms with Gasteiger partial charge in [0.05, 0.1) is 33.7 Å². The largest absolute Gasteiger partial charge is 0.416 e. The standard InChI is InChI=1S/C20H14F6N4O2/c1-9-16(10(2)32-30-9)15(17(27)31)8-14-3-4-28-18(29-14)11-5-12(19(21,22)23)7-13(6-11)20(24,25)26/h3-8H,1-2H3,(H2,27,31)/b15-8+. The summed E-state index contributed by atoms with van der Waals surface area (Å²) in [5.41, 5.74) is 2.56. The Balaban J connectivity index is 2.15. The van der Waals surface area contributed by atoms with E-state index in [1.54, 1.807) is 13.8 Å². The third-order valence-electron chi connectivity index (χ3n) is 4.38. The van der Waals surface area contributed by atoms with Gasteiger partial charge in [0.25, 0.3) is 0 Å². The molecule has 0 saturated carbocycles. The van der Waals surface area contributed by atoms with E-state index in [1.807, 2.05) is 0 Å². The number of hydrogen-bond acceptors (Lipinski definition) is 5. The van der Waals surface area contributed by atoms with Gasteiger partial charge in [-0.15, -0.1) is 0 Å². The first kappa shape index (κ1) is 23.0. The Labute approximate surface area is 176 Å². The number of amides is 1. The molecular weight excluding hydrogens is 442 g/mol. The monoisotopic (exact) mass is 456 g/mol. The molecule has 168 valence electrons. The van der Waals surface area contributed by atoms with Crippen molar-refractivity contribution in [2.75, 3.05) is 0 Å². The molecule has 12 heteroatoms.